The third-order valence-electron chi connectivity index (χ3n) is 1.45. The van der Waals surface area contributed by atoms with Crippen LogP contribution in [-0.2, 0) is 0 Å². The summed E-state index contributed by atoms with van der Waals surface area (Å²) in [7, 11) is 0. The number of halogens is 4. The SMILES string of the molecule is Fc1cc(C#CCCBr)c(F)cc1Br. The third-order valence-corrected chi connectivity index (χ3v) is 2.46. The van der Waals surface area contributed by atoms with Gasteiger partial charge in [-0.3, -0.25) is 0 Å². The van der Waals surface area contributed by atoms with Crippen molar-refractivity contribution in [3.63, 3.8) is 0 Å². The summed E-state index contributed by atoms with van der Waals surface area (Å²) in [4.78, 5) is 0. The first-order chi connectivity index (χ1) is 6.65. The maximum Gasteiger partial charge on any atom is 0.140 e. The van der Waals surface area contributed by atoms with Crippen molar-refractivity contribution in [3.05, 3.63) is 33.8 Å². The molecule has 0 fully saturated rings. The van der Waals surface area contributed by atoms with Gasteiger partial charge in [0.25, 0.3) is 0 Å². The molecule has 1 aromatic rings. The van der Waals surface area contributed by atoms with Gasteiger partial charge in [0.2, 0.25) is 0 Å². The monoisotopic (exact) mass is 322 g/mol. The summed E-state index contributed by atoms with van der Waals surface area (Å²) in [5.74, 6) is 4.27. The number of benzene rings is 1. The molecule has 74 valence electrons. The Morgan fingerprint density at radius 2 is 1.93 bits per heavy atom. The highest BCUT2D eigenvalue weighted by molar-refractivity contribution is 9.10. The zero-order chi connectivity index (χ0) is 10.6. The molecule has 0 spiro atoms. The van der Waals surface area contributed by atoms with Crippen LogP contribution in [0.15, 0.2) is 16.6 Å². The van der Waals surface area contributed by atoms with Crippen LogP contribution in [0.25, 0.3) is 0 Å². The minimum absolute atomic E-state index is 0.0895. The van der Waals surface area contributed by atoms with Crippen LogP contribution < -0.4 is 0 Å². The summed E-state index contributed by atoms with van der Waals surface area (Å²) in [6, 6.07) is 2.16. The van der Waals surface area contributed by atoms with E-state index in [1.165, 1.54) is 0 Å². The van der Waals surface area contributed by atoms with E-state index in [1.54, 1.807) is 0 Å². The fourth-order valence-corrected chi connectivity index (χ4v) is 1.34. The van der Waals surface area contributed by atoms with Gasteiger partial charge in [0.05, 0.1) is 10.0 Å². The Bertz CT molecular complexity index is 391. The maximum atomic E-state index is 13.1. The predicted molar refractivity (Wildman–Crippen MR) is 59.3 cm³/mol. The average molecular weight is 324 g/mol. The van der Waals surface area contributed by atoms with E-state index in [9.17, 15) is 8.78 Å². The number of alkyl halides is 1. The molecule has 0 atom stereocenters. The van der Waals surface area contributed by atoms with Crippen molar-refractivity contribution in [2.45, 2.75) is 6.42 Å². The standard InChI is InChI=1S/C10H6Br2F2/c11-4-2-1-3-7-5-10(14)8(12)6-9(7)13/h5-6H,2,4H2. The van der Waals surface area contributed by atoms with Gasteiger partial charge in [-0.2, -0.15) is 0 Å². The van der Waals surface area contributed by atoms with Crippen LogP contribution in [-0.4, -0.2) is 5.33 Å². The molecule has 0 aromatic heterocycles. The molecular weight excluding hydrogens is 318 g/mol. The van der Waals surface area contributed by atoms with Crippen molar-refractivity contribution in [1.82, 2.24) is 0 Å². The predicted octanol–water partition coefficient (Wildman–Crippen LogP) is 3.86. The minimum Gasteiger partial charge on any atom is -0.206 e. The Morgan fingerprint density at radius 3 is 2.57 bits per heavy atom. The van der Waals surface area contributed by atoms with Crippen molar-refractivity contribution in [2.75, 3.05) is 5.33 Å². The van der Waals surface area contributed by atoms with Crippen molar-refractivity contribution in [2.24, 2.45) is 0 Å². The fourth-order valence-electron chi connectivity index (χ4n) is 0.823. The van der Waals surface area contributed by atoms with Crippen molar-refractivity contribution in [1.29, 1.82) is 0 Å². The Morgan fingerprint density at radius 1 is 1.21 bits per heavy atom. The largest absolute Gasteiger partial charge is 0.206 e. The van der Waals surface area contributed by atoms with Crippen LogP contribution in [0, 0.1) is 23.5 Å². The molecule has 0 amide bonds. The van der Waals surface area contributed by atoms with Gasteiger partial charge in [0.15, 0.2) is 0 Å². The number of rotatable bonds is 1. The summed E-state index contributed by atoms with van der Waals surface area (Å²) in [6.45, 7) is 0. The minimum atomic E-state index is -0.514. The first-order valence-corrected chi connectivity index (χ1v) is 5.76. The third kappa shape index (κ3) is 3.07. The molecule has 0 aliphatic heterocycles. The molecule has 4 heteroatoms. The zero-order valence-electron chi connectivity index (χ0n) is 7.08. The Hall–Kier alpha value is -0.400. The van der Waals surface area contributed by atoms with Crippen molar-refractivity contribution in [3.8, 4) is 11.8 Å². The molecule has 0 nitrogen and oxygen atoms in total. The molecular formula is C10H6Br2F2. The van der Waals surface area contributed by atoms with E-state index in [0.29, 0.717) is 6.42 Å². The Kier molecular flexibility index (Phi) is 4.56. The highest BCUT2D eigenvalue weighted by atomic mass is 79.9. The van der Waals surface area contributed by atoms with Crippen LogP contribution in [0.5, 0.6) is 0 Å². The maximum absolute atomic E-state index is 13.1. The molecule has 0 saturated carbocycles. The molecule has 0 unspecified atom stereocenters. The first-order valence-electron chi connectivity index (χ1n) is 3.84. The van der Waals surface area contributed by atoms with Crippen molar-refractivity contribution < 1.29 is 8.78 Å². The lowest BCUT2D eigenvalue weighted by atomic mass is 10.2. The van der Waals surface area contributed by atoms with Crippen LogP contribution in [0.4, 0.5) is 8.78 Å². The molecule has 0 aliphatic rings. The van der Waals surface area contributed by atoms with Crippen LogP contribution in [0.3, 0.4) is 0 Å². The summed E-state index contributed by atoms with van der Waals surface area (Å²) < 4.78 is 26.2. The smallest absolute Gasteiger partial charge is 0.140 e. The second-order valence-corrected chi connectivity index (χ2v) is 4.13. The quantitative estimate of drug-likeness (QED) is 0.418. The van der Waals surface area contributed by atoms with Crippen LogP contribution in [0.1, 0.15) is 12.0 Å². The Balaban J connectivity index is 3.00. The molecule has 14 heavy (non-hydrogen) atoms. The lowest BCUT2D eigenvalue weighted by Crippen LogP contribution is -1.87. The van der Waals surface area contributed by atoms with Gasteiger partial charge in [-0.25, -0.2) is 8.78 Å². The van der Waals surface area contributed by atoms with E-state index >= 15 is 0 Å². The van der Waals surface area contributed by atoms with Gasteiger partial charge in [-0.15, -0.1) is 0 Å². The van der Waals surface area contributed by atoms with Gasteiger partial charge >= 0.3 is 0 Å². The molecule has 0 heterocycles. The molecule has 0 saturated heterocycles. The van der Waals surface area contributed by atoms with E-state index < -0.39 is 11.6 Å². The van der Waals surface area contributed by atoms with Gasteiger partial charge in [-0.05, 0) is 28.1 Å². The highest BCUT2D eigenvalue weighted by Gasteiger charge is 2.05. The van der Waals surface area contributed by atoms with E-state index in [0.717, 1.165) is 17.5 Å². The van der Waals surface area contributed by atoms with E-state index in [1.807, 2.05) is 0 Å². The number of hydrogen-bond acceptors (Lipinski definition) is 0. The van der Waals surface area contributed by atoms with Gasteiger partial charge in [0, 0.05) is 11.8 Å². The molecule has 1 aromatic carbocycles. The van der Waals surface area contributed by atoms with Crippen molar-refractivity contribution >= 4 is 31.9 Å². The normalized spacial score (nSPS) is 9.43. The molecule has 1 rings (SSSR count). The molecule has 0 radical (unpaired) electrons. The fraction of sp³-hybridized carbons (Fsp3) is 0.200. The van der Waals surface area contributed by atoms with Crippen LogP contribution in [0.2, 0.25) is 0 Å². The summed E-state index contributed by atoms with van der Waals surface area (Å²) >= 11 is 6.08. The highest BCUT2D eigenvalue weighted by Crippen LogP contribution is 2.19. The molecule has 0 bridgehead atoms. The molecule has 0 aliphatic carbocycles. The molecule has 0 N–H and O–H groups in total. The second kappa shape index (κ2) is 5.47. The second-order valence-electron chi connectivity index (χ2n) is 2.49. The van der Waals surface area contributed by atoms with Gasteiger partial charge < -0.3 is 0 Å². The number of hydrogen-bond donors (Lipinski definition) is 0. The zero-order valence-corrected chi connectivity index (χ0v) is 10.3. The first kappa shape index (κ1) is 11.7. The summed E-state index contributed by atoms with van der Waals surface area (Å²) in [5, 5.41) is 0.723. The van der Waals surface area contributed by atoms with E-state index in [2.05, 4.69) is 43.7 Å². The van der Waals surface area contributed by atoms with Crippen LogP contribution >= 0.6 is 31.9 Å². The summed E-state index contributed by atoms with van der Waals surface area (Å²) in [6.07, 6.45) is 0.608. The van der Waals surface area contributed by atoms with Gasteiger partial charge in [-0.1, -0.05) is 27.8 Å². The lowest BCUT2D eigenvalue weighted by Gasteiger charge is -1.97. The van der Waals surface area contributed by atoms with Gasteiger partial charge in [0.1, 0.15) is 11.6 Å². The summed E-state index contributed by atoms with van der Waals surface area (Å²) in [5.41, 5.74) is 0.0895. The lowest BCUT2D eigenvalue weighted by molar-refractivity contribution is 0.591. The average Bonchev–Trinajstić information content (AvgIpc) is 2.14. The Labute approximate surface area is 98.0 Å². The van der Waals surface area contributed by atoms with E-state index in [4.69, 9.17) is 0 Å². The topological polar surface area (TPSA) is 0 Å². The van der Waals surface area contributed by atoms with E-state index in [-0.39, 0.29) is 10.0 Å².